The molecule has 0 aliphatic rings. The maximum atomic E-state index is 12.0. The van der Waals surface area contributed by atoms with Gasteiger partial charge in [-0.25, -0.2) is 4.98 Å². The zero-order valence-corrected chi connectivity index (χ0v) is 16.7. The van der Waals surface area contributed by atoms with Gasteiger partial charge in [-0.3, -0.25) is 9.36 Å². The lowest BCUT2D eigenvalue weighted by atomic mass is 10.2. The van der Waals surface area contributed by atoms with E-state index in [0.717, 1.165) is 28.1 Å². The lowest BCUT2D eigenvalue weighted by Gasteiger charge is -2.10. The number of hydrogen-bond donors (Lipinski definition) is 1. The van der Waals surface area contributed by atoms with Gasteiger partial charge in [0.05, 0.1) is 11.4 Å². The number of carbonyl (C=O) groups is 1. The second-order valence-corrected chi connectivity index (χ2v) is 7.71. The van der Waals surface area contributed by atoms with Crippen LogP contribution in [0.1, 0.15) is 40.2 Å². The first-order valence-corrected chi connectivity index (χ1v) is 10.3. The molecule has 1 N–H and O–H groups in total. The average molecular weight is 388 g/mol. The van der Waals surface area contributed by atoms with E-state index in [9.17, 15) is 4.79 Å². The van der Waals surface area contributed by atoms with Gasteiger partial charge < -0.3 is 5.32 Å². The molecule has 0 bridgehead atoms. The van der Waals surface area contributed by atoms with Crippen molar-refractivity contribution < 1.29 is 4.79 Å². The maximum Gasteiger partial charge on any atom is 0.270 e. The Morgan fingerprint density at radius 3 is 2.85 bits per heavy atom. The van der Waals surface area contributed by atoms with E-state index in [1.807, 2.05) is 26.0 Å². The monoisotopic (exact) mass is 387 g/mol. The Balaban J connectivity index is 1.73. The van der Waals surface area contributed by atoms with Crippen LogP contribution in [0.15, 0.2) is 34.8 Å². The van der Waals surface area contributed by atoms with E-state index in [-0.39, 0.29) is 5.91 Å². The number of aryl methyl sites for hydroxylation is 2. The zero-order valence-electron chi connectivity index (χ0n) is 15.0. The predicted octanol–water partition coefficient (Wildman–Crippen LogP) is 3.77. The van der Waals surface area contributed by atoms with Crippen LogP contribution in [-0.2, 0) is 5.75 Å². The third kappa shape index (κ3) is 4.13. The number of rotatable bonds is 7. The molecular formula is C18H21N5OS2. The highest BCUT2D eigenvalue weighted by atomic mass is 32.2. The summed E-state index contributed by atoms with van der Waals surface area (Å²) in [6.07, 6.45) is 0.909. The molecule has 0 saturated carbocycles. The summed E-state index contributed by atoms with van der Waals surface area (Å²) < 4.78 is 2.06. The third-order valence-electron chi connectivity index (χ3n) is 3.80. The number of nitrogens with one attached hydrogen (secondary N) is 1. The molecule has 0 unspecified atom stereocenters. The van der Waals surface area contributed by atoms with Crippen molar-refractivity contribution in [1.82, 2.24) is 25.1 Å². The Bertz CT molecular complexity index is 903. The van der Waals surface area contributed by atoms with E-state index >= 15 is 0 Å². The van der Waals surface area contributed by atoms with Crippen LogP contribution in [0.5, 0.6) is 0 Å². The number of para-hydroxylation sites is 1. The Morgan fingerprint density at radius 1 is 1.27 bits per heavy atom. The maximum absolute atomic E-state index is 12.0. The molecule has 136 valence electrons. The molecule has 3 rings (SSSR count). The van der Waals surface area contributed by atoms with Crippen LogP contribution >= 0.6 is 23.1 Å². The van der Waals surface area contributed by atoms with Gasteiger partial charge in [0.25, 0.3) is 5.91 Å². The van der Waals surface area contributed by atoms with Crippen molar-refractivity contribution in [2.75, 3.05) is 6.54 Å². The molecule has 0 atom stereocenters. The molecule has 8 heteroatoms. The first kappa shape index (κ1) is 18.6. The minimum absolute atomic E-state index is 0.113. The standard InChI is InChI=1S/C18H21N5OS2/c1-4-9-19-17(24)14-10-25-16(20-14)11-26-18-22-21-13(3)23(18)15-8-6-5-7-12(15)2/h5-8,10H,4,9,11H2,1-3H3,(H,19,24). The smallest absolute Gasteiger partial charge is 0.270 e. The number of amides is 1. The number of benzene rings is 1. The highest BCUT2D eigenvalue weighted by Crippen LogP contribution is 2.27. The van der Waals surface area contributed by atoms with Crippen molar-refractivity contribution in [3.63, 3.8) is 0 Å². The number of aromatic nitrogens is 4. The van der Waals surface area contributed by atoms with Crippen LogP contribution in [0.3, 0.4) is 0 Å². The topological polar surface area (TPSA) is 72.7 Å². The first-order chi connectivity index (χ1) is 12.6. The fourth-order valence-corrected chi connectivity index (χ4v) is 4.25. The summed E-state index contributed by atoms with van der Waals surface area (Å²) in [5, 5.41) is 14.9. The summed E-state index contributed by atoms with van der Waals surface area (Å²) in [7, 11) is 0. The van der Waals surface area contributed by atoms with Gasteiger partial charge >= 0.3 is 0 Å². The summed E-state index contributed by atoms with van der Waals surface area (Å²) in [6.45, 7) is 6.71. The number of thioether (sulfide) groups is 1. The highest BCUT2D eigenvalue weighted by Gasteiger charge is 2.15. The third-order valence-corrected chi connectivity index (χ3v) is 5.77. The molecule has 2 heterocycles. The van der Waals surface area contributed by atoms with E-state index in [0.29, 0.717) is 18.0 Å². The summed E-state index contributed by atoms with van der Waals surface area (Å²) in [5.41, 5.74) is 2.73. The summed E-state index contributed by atoms with van der Waals surface area (Å²) >= 11 is 3.06. The Hall–Kier alpha value is -2.19. The van der Waals surface area contributed by atoms with Crippen LogP contribution in [-0.4, -0.2) is 32.2 Å². The van der Waals surface area contributed by atoms with E-state index in [4.69, 9.17) is 0 Å². The van der Waals surface area contributed by atoms with Crippen LogP contribution < -0.4 is 5.32 Å². The predicted molar refractivity (Wildman–Crippen MR) is 105 cm³/mol. The zero-order chi connectivity index (χ0) is 18.5. The van der Waals surface area contributed by atoms with E-state index in [1.165, 1.54) is 16.9 Å². The van der Waals surface area contributed by atoms with Crippen LogP contribution in [0, 0.1) is 13.8 Å². The molecule has 1 amide bonds. The molecule has 3 aromatic rings. The van der Waals surface area contributed by atoms with Gasteiger partial charge in [0.15, 0.2) is 5.16 Å². The van der Waals surface area contributed by atoms with Gasteiger partial charge in [-0.1, -0.05) is 36.9 Å². The number of thiazole rings is 1. The summed E-state index contributed by atoms with van der Waals surface area (Å²) in [5.74, 6) is 1.38. The molecule has 26 heavy (non-hydrogen) atoms. The van der Waals surface area contributed by atoms with E-state index in [2.05, 4.69) is 44.1 Å². The molecule has 0 fully saturated rings. The number of hydrogen-bond acceptors (Lipinski definition) is 6. The van der Waals surface area contributed by atoms with Gasteiger partial charge in [0.1, 0.15) is 16.5 Å². The highest BCUT2D eigenvalue weighted by molar-refractivity contribution is 7.98. The Kier molecular flexibility index (Phi) is 6.05. The molecule has 0 spiro atoms. The minimum Gasteiger partial charge on any atom is -0.351 e. The minimum atomic E-state index is -0.113. The van der Waals surface area contributed by atoms with Gasteiger partial charge in [0, 0.05) is 11.9 Å². The van der Waals surface area contributed by atoms with E-state index < -0.39 is 0 Å². The van der Waals surface area contributed by atoms with Crippen molar-refractivity contribution in [1.29, 1.82) is 0 Å². The normalized spacial score (nSPS) is 10.9. The van der Waals surface area contributed by atoms with Crippen molar-refractivity contribution in [3.05, 3.63) is 51.7 Å². The first-order valence-electron chi connectivity index (χ1n) is 8.43. The lowest BCUT2D eigenvalue weighted by molar-refractivity contribution is 0.0949. The van der Waals surface area contributed by atoms with Gasteiger partial charge in [-0.05, 0) is 31.9 Å². The average Bonchev–Trinajstić information content (AvgIpc) is 3.25. The SMILES string of the molecule is CCCNC(=O)c1csc(CSc2nnc(C)n2-c2ccccc2C)n1. The number of nitrogens with zero attached hydrogens (tertiary/aromatic N) is 4. The Morgan fingerprint density at radius 2 is 2.08 bits per heavy atom. The molecule has 0 aliphatic heterocycles. The fourth-order valence-electron chi connectivity index (χ4n) is 2.46. The van der Waals surface area contributed by atoms with Crippen molar-refractivity contribution in [3.8, 4) is 5.69 Å². The van der Waals surface area contributed by atoms with Crippen LogP contribution in [0.2, 0.25) is 0 Å². The second-order valence-electron chi connectivity index (χ2n) is 5.82. The fraction of sp³-hybridized carbons (Fsp3) is 0.333. The quantitative estimate of drug-likeness (QED) is 0.625. The molecule has 1 aromatic carbocycles. The van der Waals surface area contributed by atoms with Crippen molar-refractivity contribution >= 4 is 29.0 Å². The molecule has 6 nitrogen and oxygen atoms in total. The van der Waals surface area contributed by atoms with Crippen LogP contribution in [0.25, 0.3) is 5.69 Å². The van der Waals surface area contributed by atoms with Gasteiger partial charge in [-0.15, -0.1) is 21.5 Å². The lowest BCUT2D eigenvalue weighted by Crippen LogP contribution is -2.24. The van der Waals surface area contributed by atoms with Crippen molar-refractivity contribution in [2.24, 2.45) is 0 Å². The van der Waals surface area contributed by atoms with E-state index in [1.54, 1.807) is 17.1 Å². The Labute approximate surface area is 161 Å². The summed E-state index contributed by atoms with van der Waals surface area (Å²) in [4.78, 5) is 16.4. The van der Waals surface area contributed by atoms with Gasteiger partial charge in [-0.2, -0.15) is 0 Å². The largest absolute Gasteiger partial charge is 0.351 e. The molecule has 0 radical (unpaired) electrons. The second kappa shape index (κ2) is 8.46. The molecule has 2 aromatic heterocycles. The summed E-state index contributed by atoms with van der Waals surface area (Å²) in [6, 6.07) is 8.17. The molecule has 0 saturated heterocycles. The number of carbonyl (C=O) groups excluding carboxylic acids is 1. The molecule has 0 aliphatic carbocycles. The van der Waals surface area contributed by atoms with Crippen LogP contribution in [0.4, 0.5) is 0 Å². The molecular weight excluding hydrogens is 366 g/mol. The van der Waals surface area contributed by atoms with Gasteiger partial charge in [0.2, 0.25) is 0 Å². The van der Waals surface area contributed by atoms with Crippen molar-refractivity contribution in [2.45, 2.75) is 38.1 Å².